The molecule has 4 heteroatoms. The van der Waals surface area contributed by atoms with Gasteiger partial charge in [-0.3, -0.25) is 4.79 Å². The van der Waals surface area contributed by atoms with Crippen LogP contribution in [-0.2, 0) is 4.79 Å². The van der Waals surface area contributed by atoms with E-state index < -0.39 is 5.54 Å². The number of carbonyl (C=O) groups is 1. The number of carbonyl (C=O) groups excluding carboxylic acids is 1. The van der Waals surface area contributed by atoms with Gasteiger partial charge in [-0.25, -0.2) is 0 Å². The van der Waals surface area contributed by atoms with Gasteiger partial charge in [-0.1, -0.05) is 13.3 Å². The molecule has 2 unspecified atom stereocenters. The van der Waals surface area contributed by atoms with Crippen LogP contribution < -0.4 is 11.5 Å². The Kier molecular flexibility index (Phi) is 4.51. The molecule has 0 aromatic heterocycles. The van der Waals surface area contributed by atoms with E-state index in [4.69, 9.17) is 11.5 Å². The molecule has 1 amide bonds. The van der Waals surface area contributed by atoms with Gasteiger partial charge in [0.05, 0.1) is 5.54 Å². The van der Waals surface area contributed by atoms with E-state index in [1.54, 1.807) is 0 Å². The Morgan fingerprint density at radius 1 is 1.21 bits per heavy atom. The normalized spacial score (nSPS) is 39.7. The summed E-state index contributed by atoms with van der Waals surface area (Å²) in [5.74, 6) is 0.588. The van der Waals surface area contributed by atoms with Crippen LogP contribution in [0.3, 0.4) is 0 Å². The number of hydrogen-bond donors (Lipinski definition) is 2. The maximum atomic E-state index is 11.4. The van der Waals surface area contributed by atoms with Gasteiger partial charge in [0.25, 0.3) is 0 Å². The predicted molar refractivity (Wildman–Crippen MR) is 77.6 cm³/mol. The van der Waals surface area contributed by atoms with Gasteiger partial charge in [-0.15, -0.1) is 0 Å². The largest absolute Gasteiger partial charge is 0.368 e. The third kappa shape index (κ3) is 3.11. The number of nitrogens with two attached hydrogens (primary N) is 2. The van der Waals surface area contributed by atoms with Crippen molar-refractivity contribution in [3.8, 4) is 0 Å². The molecule has 0 bridgehead atoms. The molecule has 2 fully saturated rings. The molecule has 4 nitrogen and oxygen atoms in total. The lowest BCUT2D eigenvalue weighted by Gasteiger charge is -2.38. The molecule has 0 aromatic rings. The first kappa shape index (κ1) is 14.8. The van der Waals surface area contributed by atoms with Gasteiger partial charge in [0.2, 0.25) is 5.91 Å². The van der Waals surface area contributed by atoms with Gasteiger partial charge < -0.3 is 16.4 Å². The summed E-state index contributed by atoms with van der Waals surface area (Å²) < 4.78 is 0. The SMILES string of the molecule is CCC1CCC(N(C)C2CCC(N)(C(N)=O)C2)CC1. The Hall–Kier alpha value is -0.610. The van der Waals surface area contributed by atoms with E-state index in [-0.39, 0.29) is 5.91 Å². The molecular formula is C15H29N3O. The summed E-state index contributed by atoms with van der Waals surface area (Å²) in [6.07, 6.45) is 9.06. The molecule has 19 heavy (non-hydrogen) atoms. The van der Waals surface area contributed by atoms with Crippen LogP contribution in [0.5, 0.6) is 0 Å². The van der Waals surface area contributed by atoms with E-state index in [1.807, 2.05) is 0 Å². The van der Waals surface area contributed by atoms with Gasteiger partial charge in [-0.05, 0) is 57.9 Å². The highest BCUT2D eigenvalue weighted by atomic mass is 16.1. The van der Waals surface area contributed by atoms with Crippen LogP contribution in [0.15, 0.2) is 0 Å². The zero-order valence-electron chi connectivity index (χ0n) is 12.4. The molecule has 0 heterocycles. The Balaban J connectivity index is 1.88. The summed E-state index contributed by atoms with van der Waals surface area (Å²) in [4.78, 5) is 13.9. The molecule has 2 aliphatic rings. The van der Waals surface area contributed by atoms with Crippen LogP contribution in [-0.4, -0.2) is 35.5 Å². The fraction of sp³-hybridized carbons (Fsp3) is 0.933. The van der Waals surface area contributed by atoms with Gasteiger partial charge in [0.15, 0.2) is 0 Å². The van der Waals surface area contributed by atoms with Crippen molar-refractivity contribution in [1.29, 1.82) is 0 Å². The van der Waals surface area contributed by atoms with E-state index in [9.17, 15) is 4.79 Å². The van der Waals surface area contributed by atoms with Gasteiger partial charge in [0, 0.05) is 12.1 Å². The maximum absolute atomic E-state index is 11.4. The standard InChI is InChI=1S/C15H29N3O/c1-3-11-4-6-12(7-5-11)18(2)13-8-9-15(17,10-13)14(16)19/h11-13H,3-10,17H2,1-2H3,(H2,16,19). The Bertz CT molecular complexity index is 325. The third-order valence-electron chi connectivity index (χ3n) is 5.56. The van der Waals surface area contributed by atoms with Crippen LogP contribution >= 0.6 is 0 Å². The minimum absolute atomic E-state index is 0.335. The summed E-state index contributed by atoms with van der Waals surface area (Å²) in [6.45, 7) is 2.29. The molecule has 2 atom stereocenters. The monoisotopic (exact) mass is 267 g/mol. The highest BCUT2D eigenvalue weighted by molar-refractivity contribution is 5.84. The van der Waals surface area contributed by atoms with Gasteiger partial charge in [-0.2, -0.15) is 0 Å². The second kappa shape index (κ2) is 5.80. The number of hydrogen-bond acceptors (Lipinski definition) is 3. The van der Waals surface area contributed by atoms with E-state index in [0.29, 0.717) is 12.1 Å². The Morgan fingerprint density at radius 3 is 2.32 bits per heavy atom. The number of primary amides is 1. The molecule has 0 spiro atoms. The van der Waals surface area contributed by atoms with E-state index >= 15 is 0 Å². The summed E-state index contributed by atoms with van der Waals surface area (Å²) in [5.41, 5.74) is 10.8. The Morgan fingerprint density at radius 2 is 1.84 bits per heavy atom. The van der Waals surface area contributed by atoms with Crippen LogP contribution in [0.2, 0.25) is 0 Å². The predicted octanol–water partition coefficient (Wildman–Crippen LogP) is 1.62. The average molecular weight is 267 g/mol. The Labute approximate surface area is 116 Å². The lowest BCUT2D eigenvalue weighted by atomic mass is 9.83. The highest BCUT2D eigenvalue weighted by Gasteiger charge is 2.43. The fourth-order valence-corrected chi connectivity index (χ4v) is 3.88. The maximum Gasteiger partial charge on any atom is 0.237 e. The van der Waals surface area contributed by atoms with E-state index in [0.717, 1.165) is 25.2 Å². The summed E-state index contributed by atoms with van der Waals surface area (Å²) in [6, 6.07) is 1.10. The zero-order valence-corrected chi connectivity index (χ0v) is 12.4. The van der Waals surface area contributed by atoms with Crippen molar-refractivity contribution < 1.29 is 4.79 Å². The number of nitrogens with zero attached hydrogens (tertiary/aromatic N) is 1. The summed E-state index contributed by atoms with van der Waals surface area (Å²) >= 11 is 0. The molecule has 2 aliphatic carbocycles. The lowest BCUT2D eigenvalue weighted by Crippen LogP contribution is -2.51. The molecule has 2 saturated carbocycles. The van der Waals surface area contributed by atoms with Crippen LogP contribution in [0.4, 0.5) is 0 Å². The molecule has 0 aromatic carbocycles. The molecule has 0 radical (unpaired) electrons. The lowest BCUT2D eigenvalue weighted by molar-refractivity contribution is -0.123. The molecule has 2 rings (SSSR count). The second-order valence-corrected chi connectivity index (χ2v) is 6.67. The fourth-order valence-electron chi connectivity index (χ4n) is 3.88. The van der Waals surface area contributed by atoms with Crippen molar-refractivity contribution in [2.24, 2.45) is 17.4 Å². The van der Waals surface area contributed by atoms with Crippen LogP contribution in [0.25, 0.3) is 0 Å². The molecule has 110 valence electrons. The summed E-state index contributed by atoms with van der Waals surface area (Å²) in [7, 11) is 2.20. The number of amides is 1. The van der Waals surface area contributed by atoms with E-state index in [1.165, 1.54) is 32.1 Å². The number of rotatable bonds is 4. The smallest absolute Gasteiger partial charge is 0.237 e. The minimum atomic E-state index is -0.764. The minimum Gasteiger partial charge on any atom is -0.368 e. The van der Waals surface area contributed by atoms with Gasteiger partial charge in [0.1, 0.15) is 0 Å². The van der Waals surface area contributed by atoms with Crippen molar-refractivity contribution in [3.05, 3.63) is 0 Å². The zero-order chi connectivity index (χ0) is 14.0. The quantitative estimate of drug-likeness (QED) is 0.813. The average Bonchev–Trinajstić information content (AvgIpc) is 2.82. The molecule has 0 saturated heterocycles. The highest BCUT2D eigenvalue weighted by Crippen LogP contribution is 2.35. The molecule has 0 aliphatic heterocycles. The van der Waals surface area contributed by atoms with E-state index in [2.05, 4.69) is 18.9 Å². The van der Waals surface area contributed by atoms with Crippen LogP contribution in [0, 0.1) is 5.92 Å². The van der Waals surface area contributed by atoms with Crippen molar-refractivity contribution >= 4 is 5.91 Å². The first-order valence-electron chi connectivity index (χ1n) is 7.77. The topological polar surface area (TPSA) is 72.3 Å². The van der Waals surface area contributed by atoms with Gasteiger partial charge >= 0.3 is 0 Å². The molecular weight excluding hydrogens is 238 g/mol. The van der Waals surface area contributed by atoms with Crippen molar-refractivity contribution in [2.45, 2.75) is 75.9 Å². The summed E-state index contributed by atoms with van der Waals surface area (Å²) in [5, 5.41) is 0. The van der Waals surface area contributed by atoms with Crippen molar-refractivity contribution in [1.82, 2.24) is 4.90 Å². The van der Waals surface area contributed by atoms with Crippen LogP contribution in [0.1, 0.15) is 58.3 Å². The van der Waals surface area contributed by atoms with Crippen molar-refractivity contribution in [2.75, 3.05) is 7.05 Å². The first-order chi connectivity index (χ1) is 8.96. The molecule has 4 N–H and O–H groups in total. The first-order valence-corrected chi connectivity index (χ1v) is 7.77. The third-order valence-corrected chi connectivity index (χ3v) is 5.56. The second-order valence-electron chi connectivity index (χ2n) is 6.67. The van der Waals surface area contributed by atoms with Crippen molar-refractivity contribution in [3.63, 3.8) is 0 Å².